The third-order valence-electron chi connectivity index (χ3n) is 5.81. The van der Waals surface area contributed by atoms with Gasteiger partial charge in [0.1, 0.15) is 6.04 Å². The van der Waals surface area contributed by atoms with Crippen molar-refractivity contribution in [2.75, 3.05) is 13.1 Å². The smallest absolute Gasteiger partial charge is 0.262 e. The molecule has 2 aliphatic heterocycles. The van der Waals surface area contributed by atoms with Gasteiger partial charge in [0.05, 0.1) is 11.1 Å². The summed E-state index contributed by atoms with van der Waals surface area (Å²) in [7, 11) is 0. The van der Waals surface area contributed by atoms with Crippen LogP contribution < -0.4 is 5.32 Å². The van der Waals surface area contributed by atoms with E-state index in [1.807, 2.05) is 0 Å². The quantitative estimate of drug-likeness (QED) is 0.742. The number of hydrogen-bond donors (Lipinski definition) is 1. The average molecular weight is 440 g/mol. The Bertz CT molecular complexity index is 1010. The molecule has 0 spiro atoms. The largest absolute Gasteiger partial charge is 0.351 e. The highest BCUT2D eigenvalue weighted by Gasteiger charge is 2.41. The van der Waals surface area contributed by atoms with E-state index in [-0.39, 0.29) is 17.9 Å². The van der Waals surface area contributed by atoms with Crippen LogP contribution in [0.15, 0.2) is 48.5 Å². The first kappa shape index (κ1) is 21.1. The van der Waals surface area contributed by atoms with Crippen molar-refractivity contribution in [3.63, 3.8) is 0 Å². The molecule has 1 atom stereocenters. The van der Waals surface area contributed by atoms with Crippen LogP contribution in [0.2, 0.25) is 5.02 Å². The number of amides is 4. The maximum atomic E-state index is 12.8. The number of rotatable bonds is 4. The lowest BCUT2D eigenvalue weighted by atomic mass is 10.0. The molecule has 1 saturated heterocycles. The molecule has 2 aliphatic rings. The van der Waals surface area contributed by atoms with Crippen molar-refractivity contribution in [2.24, 2.45) is 0 Å². The molecule has 0 saturated carbocycles. The van der Waals surface area contributed by atoms with Crippen LogP contribution in [0.3, 0.4) is 0 Å². The fourth-order valence-electron chi connectivity index (χ4n) is 4.00. The van der Waals surface area contributed by atoms with Crippen molar-refractivity contribution in [3.8, 4) is 0 Å². The van der Waals surface area contributed by atoms with E-state index in [2.05, 4.69) is 5.32 Å². The number of halogens is 1. The Balaban J connectivity index is 1.33. The first-order valence-corrected chi connectivity index (χ1v) is 10.6. The zero-order valence-corrected chi connectivity index (χ0v) is 17.8. The van der Waals surface area contributed by atoms with Gasteiger partial charge in [0.25, 0.3) is 17.7 Å². The van der Waals surface area contributed by atoms with Gasteiger partial charge in [-0.25, -0.2) is 0 Å². The topological polar surface area (TPSA) is 86.8 Å². The molecule has 0 aromatic heterocycles. The Morgan fingerprint density at radius 2 is 1.52 bits per heavy atom. The van der Waals surface area contributed by atoms with Gasteiger partial charge in [-0.2, -0.15) is 0 Å². The minimum atomic E-state index is -0.916. The maximum Gasteiger partial charge on any atom is 0.262 e. The lowest BCUT2D eigenvalue weighted by molar-refractivity contribution is -0.125. The van der Waals surface area contributed by atoms with E-state index < -0.39 is 17.9 Å². The van der Waals surface area contributed by atoms with Crippen LogP contribution in [0.5, 0.6) is 0 Å². The van der Waals surface area contributed by atoms with Crippen molar-refractivity contribution in [1.82, 2.24) is 15.1 Å². The zero-order chi connectivity index (χ0) is 22.1. The molecule has 2 aromatic rings. The van der Waals surface area contributed by atoms with Crippen molar-refractivity contribution in [3.05, 3.63) is 70.2 Å². The van der Waals surface area contributed by atoms with Crippen molar-refractivity contribution < 1.29 is 19.2 Å². The molecule has 0 radical (unpaired) electrons. The molecule has 8 heteroatoms. The molecular weight excluding hydrogens is 418 g/mol. The number of fused-ring (bicyclic) bond motifs is 1. The molecule has 0 aliphatic carbocycles. The van der Waals surface area contributed by atoms with E-state index in [0.29, 0.717) is 47.6 Å². The minimum absolute atomic E-state index is 0.0687. The lowest BCUT2D eigenvalue weighted by Crippen LogP contribution is -2.53. The minimum Gasteiger partial charge on any atom is -0.351 e. The van der Waals surface area contributed by atoms with Crippen LogP contribution >= 0.6 is 11.6 Å². The van der Waals surface area contributed by atoms with Crippen molar-refractivity contribution in [1.29, 1.82) is 0 Å². The van der Waals surface area contributed by atoms with Gasteiger partial charge in [-0.15, -0.1) is 0 Å². The van der Waals surface area contributed by atoms with E-state index in [0.717, 1.165) is 4.90 Å². The molecule has 4 amide bonds. The first-order chi connectivity index (χ1) is 14.9. The van der Waals surface area contributed by atoms with Gasteiger partial charge in [-0.1, -0.05) is 23.7 Å². The second kappa shape index (κ2) is 8.51. The Morgan fingerprint density at radius 1 is 0.968 bits per heavy atom. The predicted molar refractivity (Wildman–Crippen MR) is 115 cm³/mol. The fraction of sp³-hybridized carbons (Fsp3) is 0.304. The maximum absolute atomic E-state index is 12.8. The zero-order valence-electron chi connectivity index (χ0n) is 17.0. The Morgan fingerprint density at radius 3 is 2.06 bits per heavy atom. The van der Waals surface area contributed by atoms with E-state index in [4.69, 9.17) is 11.6 Å². The summed E-state index contributed by atoms with van der Waals surface area (Å²) in [5.74, 6) is -1.35. The van der Waals surface area contributed by atoms with Gasteiger partial charge < -0.3 is 10.2 Å². The van der Waals surface area contributed by atoms with Crippen LogP contribution in [0.4, 0.5) is 0 Å². The molecule has 0 bridgehead atoms. The SMILES string of the molecule is CC(C(=O)NC1CCN(C(=O)c2ccc(Cl)cc2)CC1)N1C(=O)c2ccccc2C1=O. The van der Waals surface area contributed by atoms with E-state index in [1.54, 1.807) is 60.4 Å². The molecule has 2 aromatic carbocycles. The highest BCUT2D eigenvalue weighted by atomic mass is 35.5. The number of nitrogens with zero attached hydrogens (tertiary/aromatic N) is 2. The molecule has 1 unspecified atom stereocenters. The standard InChI is InChI=1S/C23H22ClN3O4/c1-14(27-22(30)18-4-2-3-5-19(18)23(27)31)20(28)25-17-10-12-26(13-11-17)21(29)15-6-8-16(24)9-7-15/h2-9,14,17H,10-13H2,1H3,(H,25,28). The predicted octanol–water partition coefficient (Wildman–Crippen LogP) is 2.75. The van der Waals surface area contributed by atoms with E-state index in [9.17, 15) is 19.2 Å². The molecule has 160 valence electrons. The Labute approximate surface area is 185 Å². The summed E-state index contributed by atoms with van der Waals surface area (Å²) in [6.07, 6.45) is 1.19. The summed E-state index contributed by atoms with van der Waals surface area (Å²) in [6.45, 7) is 2.57. The molecule has 7 nitrogen and oxygen atoms in total. The third-order valence-corrected chi connectivity index (χ3v) is 6.06. The second-order valence-corrected chi connectivity index (χ2v) is 8.22. The third kappa shape index (κ3) is 4.05. The molecule has 2 heterocycles. The van der Waals surface area contributed by atoms with Gasteiger partial charge in [0, 0.05) is 29.7 Å². The number of hydrogen-bond acceptors (Lipinski definition) is 4. The molecular formula is C23H22ClN3O4. The number of nitrogens with one attached hydrogen (secondary N) is 1. The fourth-order valence-corrected chi connectivity index (χ4v) is 4.13. The summed E-state index contributed by atoms with van der Waals surface area (Å²) < 4.78 is 0. The van der Waals surface area contributed by atoms with Gasteiger partial charge in [-0.3, -0.25) is 24.1 Å². The summed E-state index contributed by atoms with van der Waals surface area (Å²) in [4.78, 5) is 53.3. The summed E-state index contributed by atoms with van der Waals surface area (Å²) in [6, 6.07) is 12.3. The molecule has 1 N–H and O–H groups in total. The number of likely N-dealkylation sites (tertiary alicyclic amines) is 1. The number of imide groups is 1. The lowest BCUT2D eigenvalue weighted by Gasteiger charge is -2.33. The highest BCUT2D eigenvalue weighted by molar-refractivity contribution is 6.30. The molecule has 1 fully saturated rings. The van der Waals surface area contributed by atoms with Gasteiger partial charge in [0.15, 0.2) is 0 Å². The van der Waals surface area contributed by atoms with Crippen LogP contribution in [0, 0.1) is 0 Å². The van der Waals surface area contributed by atoms with E-state index >= 15 is 0 Å². The molecule has 31 heavy (non-hydrogen) atoms. The van der Waals surface area contributed by atoms with E-state index in [1.165, 1.54) is 0 Å². The molecule has 4 rings (SSSR count). The summed E-state index contributed by atoms with van der Waals surface area (Å²) in [5.41, 5.74) is 1.22. The Hall–Kier alpha value is -3.19. The highest BCUT2D eigenvalue weighted by Crippen LogP contribution is 2.25. The number of carbonyl (C=O) groups excluding carboxylic acids is 4. The second-order valence-electron chi connectivity index (χ2n) is 7.78. The summed E-state index contributed by atoms with van der Waals surface area (Å²) >= 11 is 5.88. The van der Waals surface area contributed by atoms with Gasteiger partial charge in [-0.05, 0) is 56.2 Å². The number of carbonyl (C=O) groups is 4. The summed E-state index contributed by atoms with van der Waals surface area (Å²) in [5, 5.41) is 3.50. The van der Waals surface area contributed by atoms with Crippen LogP contribution in [0.1, 0.15) is 50.8 Å². The Kier molecular flexibility index (Phi) is 5.78. The van der Waals surface area contributed by atoms with Crippen LogP contribution in [-0.4, -0.2) is 58.6 Å². The van der Waals surface area contributed by atoms with Crippen LogP contribution in [-0.2, 0) is 4.79 Å². The van der Waals surface area contributed by atoms with Crippen molar-refractivity contribution >= 4 is 35.2 Å². The average Bonchev–Trinajstić information content (AvgIpc) is 3.04. The van der Waals surface area contributed by atoms with Gasteiger partial charge in [0.2, 0.25) is 5.91 Å². The number of benzene rings is 2. The first-order valence-electron chi connectivity index (χ1n) is 10.2. The van der Waals surface area contributed by atoms with Crippen LogP contribution in [0.25, 0.3) is 0 Å². The monoisotopic (exact) mass is 439 g/mol. The number of piperidine rings is 1. The van der Waals surface area contributed by atoms with Crippen molar-refractivity contribution in [2.45, 2.75) is 31.8 Å². The van der Waals surface area contributed by atoms with Gasteiger partial charge >= 0.3 is 0 Å². The normalized spacial score (nSPS) is 17.5.